The molecule has 0 N–H and O–H groups in total. The highest BCUT2D eigenvalue weighted by Crippen LogP contribution is 2.40. The highest BCUT2D eigenvalue weighted by molar-refractivity contribution is 4.79. The predicted octanol–water partition coefficient (Wildman–Crippen LogP) is 8.54. The van der Waals surface area contributed by atoms with Crippen molar-refractivity contribution >= 4 is 0 Å². The summed E-state index contributed by atoms with van der Waals surface area (Å²) in [6.07, 6.45) is 27.3. The minimum Gasteiger partial charge on any atom is -0.0654 e. The molecule has 0 nitrogen and oxygen atoms in total. The van der Waals surface area contributed by atoms with Gasteiger partial charge in [0.1, 0.15) is 0 Å². The van der Waals surface area contributed by atoms with Gasteiger partial charge in [0.2, 0.25) is 0 Å². The summed E-state index contributed by atoms with van der Waals surface area (Å²) in [4.78, 5) is 0. The van der Waals surface area contributed by atoms with E-state index in [4.69, 9.17) is 0 Å². The maximum Gasteiger partial charge on any atom is -0.0383 e. The van der Waals surface area contributed by atoms with Gasteiger partial charge < -0.3 is 0 Å². The van der Waals surface area contributed by atoms with Gasteiger partial charge in [0.25, 0.3) is 0 Å². The van der Waals surface area contributed by atoms with Crippen LogP contribution < -0.4 is 0 Å². The number of unbranched alkanes of at least 4 members (excludes halogenated alkanes) is 2. The summed E-state index contributed by atoms with van der Waals surface area (Å²) in [5, 5.41) is 0. The second-order valence-electron chi connectivity index (χ2n) is 9.43. The molecule has 0 aromatic heterocycles. The summed E-state index contributed by atoms with van der Waals surface area (Å²) < 4.78 is 0. The minimum atomic E-state index is 1.02. The Morgan fingerprint density at radius 1 is 0.625 bits per heavy atom. The van der Waals surface area contributed by atoms with E-state index in [1.807, 2.05) is 0 Å². The van der Waals surface area contributed by atoms with Crippen molar-refractivity contribution in [3.05, 3.63) is 0 Å². The fraction of sp³-hybridized carbons (Fsp3) is 1.00. The zero-order chi connectivity index (χ0) is 17.0. The molecule has 2 saturated carbocycles. The van der Waals surface area contributed by atoms with E-state index >= 15 is 0 Å². The molecule has 0 aromatic rings. The van der Waals surface area contributed by atoms with Gasteiger partial charge in [-0.3, -0.25) is 0 Å². The van der Waals surface area contributed by atoms with Crippen molar-refractivity contribution in [2.45, 2.75) is 129 Å². The van der Waals surface area contributed by atoms with Gasteiger partial charge in [-0.1, -0.05) is 117 Å². The maximum absolute atomic E-state index is 2.48. The first kappa shape index (κ1) is 20.3. The summed E-state index contributed by atoms with van der Waals surface area (Å²) >= 11 is 0. The Labute approximate surface area is 153 Å². The molecule has 0 saturated heterocycles. The highest BCUT2D eigenvalue weighted by Gasteiger charge is 2.28. The standard InChI is InChI=1S/C24H46/c1-3-4-8-13-22-14-9-5-6-11-16-23(17-12-7-10-15-22)24-19-18-21(2)20-24/h21-24H,3-20H2,1-2H3. The summed E-state index contributed by atoms with van der Waals surface area (Å²) in [6, 6.07) is 0. The van der Waals surface area contributed by atoms with E-state index in [9.17, 15) is 0 Å². The third-order valence-corrected chi connectivity index (χ3v) is 7.24. The first-order valence-corrected chi connectivity index (χ1v) is 11.8. The normalized spacial score (nSPS) is 34.2. The molecule has 2 aliphatic carbocycles. The van der Waals surface area contributed by atoms with E-state index in [2.05, 4.69) is 13.8 Å². The van der Waals surface area contributed by atoms with Crippen LogP contribution in [-0.2, 0) is 0 Å². The van der Waals surface area contributed by atoms with Crippen molar-refractivity contribution in [2.75, 3.05) is 0 Å². The molecule has 0 bridgehead atoms. The topological polar surface area (TPSA) is 0 Å². The largest absolute Gasteiger partial charge is 0.0654 e. The first-order valence-electron chi connectivity index (χ1n) is 11.8. The van der Waals surface area contributed by atoms with Crippen LogP contribution in [0.5, 0.6) is 0 Å². The molecular weight excluding hydrogens is 288 g/mol. The summed E-state index contributed by atoms with van der Waals surface area (Å²) in [5.41, 5.74) is 0. The second-order valence-corrected chi connectivity index (χ2v) is 9.43. The Morgan fingerprint density at radius 2 is 1.25 bits per heavy atom. The Bertz CT molecular complexity index is 294. The van der Waals surface area contributed by atoms with Crippen LogP contribution in [0.3, 0.4) is 0 Å². The molecule has 2 rings (SSSR count). The van der Waals surface area contributed by atoms with Crippen molar-refractivity contribution < 1.29 is 0 Å². The zero-order valence-electron chi connectivity index (χ0n) is 17.0. The van der Waals surface area contributed by atoms with Gasteiger partial charge in [-0.25, -0.2) is 0 Å². The number of hydrogen-bond donors (Lipinski definition) is 0. The molecule has 4 unspecified atom stereocenters. The lowest BCUT2D eigenvalue weighted by molar-refractivity contribution is 0.276. The van der Waals surface area contributed by atoms with Crippen LogP contribution in [0.25, 0.3) is 0 Å². The van der Waals surface area contributed by atoms with Crippen molar-refractivity contribution in [2.24, 2.45) is 23.7 Å². The second kappa shape index (κ2) is 12.4. The third-order valence-electron chi connectivity index (χ3n) is 7.24. The predicted molar refractivity (Wildman–Crippen MR) is 108 cm³/mol. The Balaban J connectivity index is 1.74. The molecule has 142 valence electrons. The van der Waals surface area contributed by atoms with Crippen LogP contribution in [0.1, 0.15) is 129 Å². The first-order chi connectivity index (χ1) is 11.8. The smallest absolute Gasteiger partial charge is 0.0383 e. The maximum atomic E-state index is 2.48. The van der Waals surface area contributed by atoms with Crippen LogP contribution in [0.2, 0.25) is 0 Å². The molecule has 0 aromatic carbocycles. The van der Waals surface area contributed by atoms with Gasteiger partial charge in [0.15, 0.2) is 0 Å². The molecule has 2 fully saturated rings. The SMILES string of the molecule is CCCCCC1CCCCCCC(C2CCC(C)C2)CCCCC1. The molecule has 0 radical (unpaired) electrons. The van der Waals surface area contributed by atoms with E-state index in [0.717, 1.165) is 23.7 Å². The van der Waals surface area contributed by atoms with Gasteiger partial charge in [-0.15, -0.1) is 0 Å². The summed E-state index contributed by atoms with van der Waals surface area (Å²) in [7, 11) is 0. The van der Waals surface area contributed by atoms with Crippen molar-refractivity contribution in [3.8, 4) is 0 Å². The summed E-state index contributed by atoms with van der Waals surface area (Å²) in [5.74, 6) is 4.25. The average molecular weight is 335 g/mol. The van der Waals surface area contributed by atoms with Crippen molar-refractivity contribution in [3.63, 3.8) is 0 Å². The van der Waals surface area contributed by atoms with E-state index in [1.165, 1.54) is 89.9 Å². The quantitative estimate of drug-likeness (QED) is 0.442. The van der Waals surface area contributed by atoms with E-state index in [-0.39, 0.29) is 0 Å². The molecule has 0 spiro atoms. The van der Waals surface area contributed by atoms with E-state index < -0.39 is 0 Å². The fourth-order valence-corrected chi connectivity index (χ4v) is 5.62. The number of rotatable bonds is 5. The molecule has 4 atom stereocenters. The molecule has 0 heteroatoms. The van der Waals surface area contributed by atoms with Gasteiger partial charge >= 0.3 is 0 Å². The van der Waals surface area contributed by atoms with Crippen molar-refractivity contribution in [1.29, 1.82) is 0 Å². The Morgan fingerprint density at radius 3 is 1.83 bits per heavy atom. The van der Waals surface area contributed by atoms with Gasteiger partial charge in [-0.2, -0.15) is 0 Å². The van der Waals surface area contributed by atoms with Crippen LogP contribution in [0.15, 0.2) is 0 Å². The molecule has 24 heavy (non-hydrogen) atoms. The third kappa shape index (κ3) is 7.92. The van der Waals surface area contributed by atoms with E-state index in [1.54, 1.807) is 25.7 Å². The molecule has 0 amide bonds. The summed E-state index contributed by atoms with van der Waals surface area (Å²) in [6.45, 7) is 4.82. The molecule has 0 heterocycles. The lowest BCUT2D eigenvalue weighted by atomic mass is 9.82. The van der Waals surface area contributed by atoms with Gasteiger partial charge in [0.05, 0.1) is 0 Å². The minimum absolute atomic E-state index is 1.02. The van der Waals surface area contributed by atoms with Crippen molar-refractivity contribution in [1.82, 2.24) is 0 Å². The zero-order valence-corrected chi connectivity index (χ0v) is 17.0. The van der Waals surface area contributed by atoms with Crippen LogP contribution in [0, 0.1) is 23.7 Å². The highest BCUT2D eigenvalue weighted by atomic mass is 14.3. The van der Waals surface area contributed by atoms with Gasteiger partial charge in [-0.05, 0) is 36.5 Å². The van der Waals surface area contributed by atoms with Crippen LogP contribution in [-0.4, -0.2) is 0 Å². The van der Waals surface area contributed by atoms with E-state index in [0.29, 0.717) is 0 Å². The number of hydrogen-bond acceptors (Lipinski definition) is 0. The Hall–Kier alpha value is 0. The van der Waals surface area contributed by atoms with Crippen LogP contribution >= 0.6 is 0 Å². The van der Waals surface area contributed by atoms with Gasteiger partial charge in [0, 0.05) is 0 Å². The molecule has 0 aliphatic heterocycles. The molecule has 2 aliphatic rings. The fourth-order valence-electron chi connectivity index (χ4n) is 5.62. The lowest BCUT2D eigenvalue weighted by Crippen LogP contribution is -2.12. The average Bonchev–Trinajstić information content (AvgIpc) is 3.01. The lowest BCUT2D eigenvalue weighted by Gasteiger charge is -2.24. The monoisotopic (exact) mass is 334 g/mol. The Kier molecular flexibility index (Phi) is 10.5. The molecular formula is C24H46. The van der Waals surface area contributed by atoms with Crippen LogP contribution in [0.4, 0.5) is 0 Å².